The van der Waals surface area contributed by atoms with Crippen LogP contribution in [0.2, 0.25) is 0 Å². The molecule has 144 valence electrons. The number of nitrogens with one attached hydrogen (secondary N) is 1. The molecular formula is C20H25N3O2S2. The van der Waals surface area contributed by atoms with E-state index in [-0.39, 0.29) is 0 Å². The second-order valence-corrected chi connectivity index (χ2v) is 7.91. The summed E-state index contributed by atoms with van der Waals surface area (Å²) in [6.07, 6.45) is 2.59. The van der Waals surface area contributed by atoms with Crippen molar-refractivity contribution >= 4 is 39.6 Å². The van der Waals surface area contributed by atoms with Crippen LogP contribution >= 0.6 is 22.7 Å². The highest BCUT2D eigenvalue weighted by atomic mass is 32.1. The van der Waals surface area contributed by atoms with Gasteiger partial charge in [-0.25, -0.2) is 14.8 Å². The molecule has 0 aliphatic carbocycles. The quantitative estimate of drug-likeness (QED) is 0.510. The molecule has 0 saturated heterocycles. The Morgan fingerprint density at radius 3 is 2.67 bits per heavy atom. The number of pyridine rings is 1. The van der Waals surface area contributed by atoms with E-state index in [2.05, 4.69) is 35.6 Å². The molecule has 0 aromatic carbocycles. The third kappa shape index (κ3) is 5.37. The van der Waals surface area contributed by atoms with Crippen LogP contribution in [0.5, 0.6) is 0 Å². The van der Waals surface area contributed by atoms with Gasteiger partial charge in [0.1, 0.15) is 11.4 Å². The maximum absolute atomic E-state index is 11.9. The standard InChI is InChI=1S/C18H19N3O2S2.C2H6/c1-11(2)10-14-15(13-7-5-9-24-13)20-18(25-14)21-16-12(17(22)23-3)6-4-8-19-16;1-2/h4-9,11H,10H2,1-3H3,(H,19,20,21);1-2H3. The van der Waals surface area contributed by atoms with Crippen molar-refractivity contribution in [3.63, 3.8) is 0 Å². The van der Waals surface area contributed by atoms with E-state index in [1.54, 1.807) is 41.0 Å². The molecular weight excluding hydrogens is 378 g/mol. The number of hydrogen-bond donors (Lipinski definition) is 1. The first-order chi connectivity index (χ1) is 13.1. The van der Waals surface area contributed by atoms with Crippen molar-refractivity contribution in [2.24, 2.45) is 5.92 Å². The number of thiazole rings is 1. The van der Waals surface area contributed by atoms with E-state index in [9.17, 15) is 4.79 Å². The Morgan fingerprint density at radius 2 is 2.04 bits per heavy atom. The normalized spacial score (nSPS) is 10.3. The molecule has 0 fully saturated rings. The van der Waals surface area contributed by atoms with Crippen LogP contribution in [0.15, 0.2) is 35.8 Å². The Labute approximate surface area is 168 Å². The van der Waals surface area contributed by atoms with Crippen molar-refractivity contribution in [2.45, 2.75) is 34.1 Å². The van der Waals surface area contributed by atoms with Crippen molar-refractivity contribution in [3.8, 4) is 10.6 Å². The molecule has 0 bridgehead atoms. The molecule has 3 heterocycles. The number of thiophene rings is 1. The summed E-state index contributed by atoms with van der Waals surface area (Å²) in [5.41, 5.74) is 1.40. The summed E-state index contributed by atoms with van der Waals surface area (Å²) in [4.78, 5) is 23.3. The minimum atomic E-state index is -0.423. The number of carbonyl (C=O) groups is 1. The summed E-state index contributed by atoms with van der Waals surface area (Å²) >= 11 is 3.28. The molecule has 0 aliphatic heterocycles. The van der Waals surface area contributed by atoms with E-state index >= 15 is 0 Å². The maximum Gasteiger partial charge on any atom is 0.341 e. The van der Waals surface area contributed by atoms with Crippen molar-refractivity contribution < 1.29 is 9.53 Å². The van der Waals surface area contributed by atoms with E-state index in [0.29, 0.717) is 17.3 Å². The van der Waals surface area contributed by atoms with Crippen LogP contribution in [0, 0.1) is 5.92 Å². The zero-order valence-electron chi connectivity index (χ0n) is 16.3. The number of aromatic nitrogens is 2. The first kappa shape index (κ1) is 21.1. The summed E-state index contributed by atoms with van der Waals surface area (Å²) in [5, 5.41) is 5.96. The third-order valence-electron chi connectivity index (χ3n) is 3.48. The first-order valence-corrected chi connectivity index (χ1v) is 10.6. The highest BCUT2D eigenvalue weighted by molar-refractivity contribution is 7.17. The van der Waals surface area contributed by atoms with Crippen LogP contribution < -0.4 is 5.32 Å². The Bertz CT molecular complexity index is 858. The van der Waals surface area contributed by atoms with Gasteiger partial charge < -0.3 is 10.1 Å². The Kier molecular flexibility index (Phi) is 7.94. The van der Waals surface area contributed by atoms with Crippen molar-refractivity contribution in [3.05, 3.63) is 46.3 Å². The van der Waals surface area contributed by atoms with Gasteiger partial charge in [-0.2, -0.15) is 0 Å². The summed E-state index contributed by atoms with van der Waals surface area (Å²) in [7, 11) is 1.36. The van der Waals surface area contributed by atoms with Crippen molar-refractivity contribution in [1.82, 2.24) is 9.97 Å². The van der Waals surface area contributed by atoms with Crippen LogP contribution in [-0.2, 0) is 11.2 Å². The Morgan fingerprint density at radius 1 is 1.26 bits per heavy atom. The maximum atomic E-state index is 11.9. The molecule has 0 unspecified atom stereocenters. The van der Waals surface area contributed by atoms with Gasteiger partial charge in [0.05, 0.1) is 17.7 Å². The highest BCUT2D eigenvalue weighted by Crippen LogP contribution is 2.36. The topological polar surface area (TPSA) is 64.1 Å². The third-order valence-corrected chi connectivity index (χ3v) is 5.35. The molecule has 3 aromatic rings. The molecule has 3 aromatic heterocycles. The minimum absolute atomic E-state index is 0.392. The molecule has 27 heavy (non-hydrogen) atoms. The van der Waals surface area contributed by atoms with Gasteiger partial charge in [-0.3, -0.25) is 0 Å². The van der Waals surface area contributed by atoms with Crippen molar-refractivity contribution in [2.75, 3.05) is 12.4 Å². The van der Waals surface area contributed by atoms with E-state index in [1.807, 2.05) is 19.9 Å². The molecule has 0 amide bonds. The van der Waals surface area contributed by atoms with Crippen LogP contribution in [0.3, 0.4) is 0 Å². The molecule has 0 aliphatic rings. The number of ether oxygens (including phenoxy) is 1. The number of hydrogen-bond acceptors (Lipinski definition) is 7. The largest absolute Gasteiger partial charge is 0.465 e. The van der Waals surface area contributed by atoms with E-state index in [0.717, 1.165) is 22.1 Å². The van der Waals surface area contributed by atoms with E-state index < -0.39 is 5.97 Å². The number of nitrogens with zero attached hydrogens (tertiary/aromatic N) is 2. The summed E-state index contributed by atoms with van der Waals surface area (Å²) < 4.78 is 4.82. The zero-order valence-corrected chi connectivity index (χ0v) is 17.9. The number of carbonyl (C=O) groups excluding carboxylic acids is 1. The number of rotatable bonds is 6. The lowest BCUT2D eigenvalue weighted by Crippen LogP contribution is -2.06. The lowest BCUT2D eigenvalue weighted by atomic mass is 10.1. The van der Waals surface area contributed by atoms with Crippen molar-refractivity contribution in [1.29, 1.82) is 0 Å². The molecule has 3 rings (SSSR count). The van der Waals surface area contributed by atoms with Crippen LogP contribution in [0.4, 0.5) is 10.9 Å². The molecule has 1 N–H and O–H groups in total. The second kappa shape index (κ2) is 10.2. The second-order valence-electron chi connectivity index (χ2n) is 5.88. The van der Waals surface area contributed by atoms with Gasteiger partial charge in [0, 0.05) is 11.1 Å². The predicted molar refractivity (Wildman–Crippen MR) is 114 cm³/mol. The highest BCUT2D eigenvalue weighted by Gasteiger charge is 2.18. The fourth-order valence-electron chi connectivity index (χ4n) is 2.40. The van der Waals surface area contributed by atoms with Crippen LogP contribution in [0.25, 0.3) is 10.6 Å². The molecule has 0 atom stereocenters. The Balaban J connectivity index is 0.00000126. The molecule has 0 saturated carbocycles. The van der Waals surface area contributed by atoms with E-state index in [4.69, 9.17) is 9.72 Å². The van der Waals surface area contributed by atoms with Gasteiger partial charge >= 0.3 is 5.97 Å². The lowest BCUT2D eigenvalue weighted by Gasteiger charge is -2.06. The summed E-state index contributed by atoms with van der Waals surface area (Å²) in [6, 6.07) is 7.50. The van der Waals surface area contributed by atoms with Gasteiger partial charge in [0.15, 0.2) is 5.13 Å². The number of anilines is 2. The fraction of sp³-hybridized carbons (Fsp3) is 0.350. The average Bonchev–Trinajstić information content (AvgIpc) is 3.32. The molecule has 0 radical (unpaired) electrons. The van der Waals surface area contributed by atoms with Gasteiger partial charge in [-0.05, 0) is 35.9 Å². The average molecular weight is 404 g/mol. The fourth-order valence-corrected chi connectivity index (χ4v) is 4.39. The molecule has 5 nitrogen and oxygen atoms in total. The predicted octanol–water partition coefficient (Wildman–Crippen LogP) is 6.02. The van der Waals surface area contributed by atoms with Crippen LogP contribution in [0.1, 0.15) is 42.9 Å². The minimum Gasteiger partial charge on any atom is -0.465 e. The van der Waals surface area contributed by atoms with Gasteiger partial charge in [-0.1, -0.05) is 33.8 Å². The Hall–Kier alpha value is -2.25. The van der Waals surface area contributed by atoms with Gasteiger partial charge in [0.2, 0.25) is 0 Å². The SMILES string of the molecule is CC.COC(=O)c1cccnc1Nc1nc(-c2cccs2)c(CC(C)C)s1. The van der Waals surface area contributed by atoms with E-state index in [1.165, 1.54) is 12.0 Å². The smallest absolute Gasteiger partial charge is 0.341 e. The zero-order chi connectivity index (χ0) is 19.8. The van der Waals surface area contributed by atoms with Gasteiger partial charge in [0.25, 0.3) is 0 Å². The molecule has 7 heteroatoms. The summed E-state index contributed by atoms with van der Waals surface area (Å²) in [6.45, 7) is 8.39. The number of esters is 1. The number of methoxy groups -OCH3 is 1. The monoisotopic (exact) mass is 403 g/mol. The lowest BCUT2D eigenvalue weighted by molar-refractivity contribution is 0.0601. The van der Waals surface area contributed by atoms with Gasteiger partial charge in [-0.15, -0.1) is 22.7 Å². The summed E-state index contributed by atoms with van der Waals surface area (Å²) in [5.74, 6) is 0.567. The van der Waals surface area contributed by atoms with Crippen LogP contribution in [-0.4, -0.2) is 23.0 Å². The first-order valence-electron chi connectivity index (χ1n) is 8.92. The molecule has 0 spiro atoms.